The fourth-order valence-electron chi connectivity index (χ4n) is 2.02. The molecule has 0 aliphatic heterocycles. The molecule has 0 spiro atoms. The molecule has 0 saturated heterocycles. The molecule has 0 fully saturated rings. The predicted molar refractivity (Wildman–Crippen MR) is 92.1 cm³/mol. The Morgan fingerprint density at radius 2 is 1.69 bits per heavy atom. The van der Waals surface area contributed by atoms with Crippen molar-refractivity contribution in [2.24, 2.45) is 0 Å². The molecule has 136 valence electrons. The number of carbonyl (C=O) groups is 1. The Morgan fingerprint density at radius 3 is 2.23 bits per heavy atom. The van der Waals surface area contributed by atoms with Gasteiger partial charge < -0.3 is 9.52 Å². The van der Waals surface area contributed by atoms with Crippen molar-refractivity contribution in [2.45, 2.75) is 19.7 Å². The van der Waals surface area contributed by atoms with E-state index < -0.39 is 11.8 Å². The van der Waals surface area contributed by atoms with Crippen LogP contribution in [0.15, 0.2) is 40.8 Å². The monoisotopic (exact) mass is 380 g/mol. The molecule has 1 aromatic heterocycles. The maximum Gasteiger partial charge on any atom is 0.338 e. The fourth-order valence-corrected chi connectivity index (χ4v) is 2.13. The minimum atomic E-state index is -1.23. The number of aromatic nitrogens is 2. The zero-order valence-corrected chi connectivity index (χ0v) is 14.7. The Hall–Kier alpha value is -2.80. The highest BCUT2D eigenvalue weighted by molar-refractivity contribution is 6.16. The Morgan fingerprint density at radius 1 is 1.08 bits per heavy atom. The topological polar surface area (TPSA) is 76.2 Å². The van der Waals surface area contributed by atoms with Gasteiger partial charge in [-0.25, -0.2) is 13.6 Å². The summed E-state index contributed by atoms with van der Waals surface area (Å²) in [6.45, 7) is 3.58. The minimum absolute atomic E-state index is 0.125. The molecule has 0 amide bonds. The third kappa shape index (κ3) is 4.86. The van der Waals surface area contributed by atoms with Crippen LogP contribution in [0.2, 0.25) is 0 Å². The molecule has 0 atom stereocenters. The zero-order chi connectivity index (χ0) is 19.3. The minimum Gasteiger partial charge on any atom is -0.478 e. The molecule has 3 aromatic rings. The van der Waals surface area contributed by atoms with Crippen LogP contribution in [0, 0.1) is 25.5 Å². The summed E-state index contributed by atoms with van der Waals surface area (Å²) in [6, 6.07) is 8.69. The Kier molecular flexibility index (Phi) is 6.41. The molecule has 0 aliphatic carbocycles. The summed E-state index contributed by atoms with van der Waals surface area (Å²) in [5.41, 5.74) is 1.70. The molecular formula is C18H15ClF2N2O3. The van der Waals surface area contributed by atoms with Gasteiger partial charge in [0.05, 0.1) is 11.1 Å². The molecule has 0 saturated carbocycles. The molecule has 0 bridgehead atoms. The first-order chi connectivity index (χ1) is 12.3. The zero-order valence-electron chi connectivity index (χ0n) is 14.0. The molecular weight excluding hydrogens is 366 g/mol. The molecule has 2 aromatic carbocycles. The summed E-state index contributed by atoms with van der Waals surface area (Å²) in [4.78, 5) is 10.3. The first-order valence-electron chi connectivity index (χ1n) is 7.46. The van der Waals surface area contributed by atoms with Crippen LogP contribution < -0.4 is 0 Å². The molecule has 5 nitrogen and oxygen atoms in total. The lowest BCUT2D eigenvalue weighted by Gasteiger charge is -1.98. The third-order valence-corrected chi connectivity index (χ3v) is 3.51. The van der Waals surface area contributed by atoms with Gasteiger partial charge in [0.15, 0.2) is 0 Å². The second-order valence-corrected chi connectivity index (χ2v) is 5.67. The molecule has 1 heterocycles. The standard InChI is InChI=1S/C10H8ClFN2O.C8H7FO2/c1-6-2-3-8(12)7(4-6)10-14-13-9(5-11)15-10;1-5-2-3-7(9)6(4-5)8(10)11/h2-4H,5H2,1H3;2-4H,1H3,(H,10,11). The summed E-state index contributed by atoms with van der Waals surface area (Å²) >= 11 is 5.51. The summed E-state index contributed by atoms with van der Waals surface area (Å²) in [5.74, 6) is -1.74. The van der Waals surface area contributed by atoms with Crippen molar-refractivity contribution in [1.82, 2.24) is 10.2 Å². The van der Waals surface area contributed by atoms with Crippen molar-refractivity contribution in [2.75, 3.05) is 0 Å². The van der Waals surface area contributed by atoms with Gasteiger partial charge in [-0.15, -0.1) is 21.8 Å². The molecule has 26 heavy (non-hydrogen) atoms. The lowest BCUT2D eigenvalue weighted by atomic mass is 10.1. The SMILES string of the molecule is Cc1ccc(F)c(-c2nnc(CCl)o2)c1.Cc1ccc(F)c(C(=O)O)c1. The van der Waals surface area contributed by atoms with Gasteiger partial charge in [0.1, 0.15) is 17.5 Å². The Balaban J connectivity index is 0.000000197. The first-order valence-corrected chi connectivity index (χ1v) is 7.99. The average Bonchev–Trinajstić information content (AvgIpc) is 3.08. The predicted octanol–water partition coefficient (Wildman–Crippen LogP) is 4.76. The van der Waals surface area contributed by atoms with E-state index in [0.29, 0.717) is 5.56 Å². The summed E-state index contributed by atoms with van der Waals surface area (Å²) < 4.78 is 31.2. The number of hydrogen-bond acceptors (Lipinski definition) is 4. The molecule has 3 rings (SSSR count). The highest BCUT2D eigenvalue weighted by Gasteiger charge is 2.12. The van der Waals surface area contributed by atoms with E-state index in [1.165, 1.54) is 18.2 Å². The highest BCUT2D eigenvalue weighted by atomic mass is 35.5. The summed E-state index contributed by atoms with van der Waals surface area (Å²) in [7, 11) is 0. The van der Waals surface area contributed by atoms with Crippen LogP contribution >= 0.6 is 11.6 Å². The van der Waals surface area contributed by atoms with Gasteiger partial charge >= 0.3 is 5.97 Å². The van der Waals surface area contributed by atoms with E-state index >= 15 is 0 Å². The number of hydrogen-bond donors (Lipinski definition) is 1. The number of nitrogens with zero attached hydrogens (tertiary/aromatic N) is 2. The van der Waals surface area contributed by atoms with Gasteiger partial charge in [-0.3, -0.25) is 0 Å². The maximum atomic E-state index is 13.4. The lowest BCUT2D eigenvalue weighted by Crippen LogP contribution is -2.00. The quantitative estimate of drug-likeness (QED) is 0.663. The van der Waals surface area contributed by atoms with E-state index in [-0.39, 0.29) is 29.0 Å². The van der Waals surface area contributed by atoms with Crippen molar-refractivity contribution in [3.05, 3.63) is 70.6 Å². The number of carboxylic acids is 1. The highest BCUT2D eigenvalue weighted by Crippen LogP contribution is 2.22. The Labute approximate surface area is 153 Å². The Bertz CT molecular complexity index is 929. The third-order valence-electron chi connectivity index (χ3n) is 3.29. The normalized spacial score (nSPS) is 10.2. The smallest absolute Gasteiger partial charge is 0.338 e. The number of carboxylic acid groups (broad SMARTS) is 1. The van der Waals surface area contributed by atoms with Gasteiger partial charge in [0.2, 0.25) is 5.89 Å². The van der Waals surface area contributed by atoms with E-state index in [9.17, 15) is 13.6 Å². The van der Waals surface area contributed by atoms with Crippen molar-refractivity contribution in [1.29, 1.82) is 0 Å². The summed E-state index contributed by atoms with van der Waals surface area (Å²) in [6.07, 6.45) is 0. The average molecular weight is 381 g/mol. The number of aromatic carboxylic acids is 1. The first kappa shape index (κ1) is 19.5. The molecule has 0 radical (unpaired) electrons. The number of rotatable bonds is 3. The largest absolute Gasteiger partial charge is 0.478 e. The van der Waals surface area contributed by atoms with E-state index in [1.54, 1.807) is 19.1 Å². The second kappa shape index (κ2) is 8.53. The van der Waals surface area contributed by atoms with Gasteiger partial charge in [0.25, 0.3) is 5.89 Å². The van der Waals surface area contributed by atoms with E-state index in [4.69, 9.17) is 21.1 Å². The van der Waals surface area contributed by atoms with Crippen LogP contribution in [0.3, 0.4) is 0 Å². The van der Waals surface area contributed by atoms with Crippen LogP contribution in [0.4, 0.5) is 8.78 Å². The number of alkyl halides is 1. The van der Waals surface area contributed by atoms with Crippen molar-refractivity contribution in [3.8, 4) is 11.5 Å². The van der Waals surface area contributed by atoms with Crippen LogP contribution in [0.1, 0.15) is 27.4 Å². The van der Waals surface area contributed by atoms with Crippen molar-refractivity contribution < 1.29 is 23.1 Å². The lowest BCUT2D eigenvalue weighted by molar-refractivity contribution is 0.0691. The molecule has 0 aliphatic rings. The molecule has 8 heteroatoms. The van der Waals surface area contributed by atoms with E-state index in [0.717, 1.165) is 17.2 Å². The van der Waals surface area contributed by atoms with Crippen LogP contribution in [-0.2, 0) is 5.88 Å². The van der Waals surface area contributed by atoms with Gasteiger partial charge in [-0.05, 0) is 38.1 Å². The van der Waals surface area contributed by atoms with E-state index in [1.807, 2.05) is 6.92 Å². The molecule has 0 unspecified atom stereocenters. The molecule has 1 N–H and O–H groups in total. The number of aryl methyl sites for hydroxylation is 2. The van der Waals surface area contributed by atoms with Crippen LogP contribution in [0.5, 0.6) is 0 Å². The van der Waals surface area contributed by atoms with Gasteiger partial charge in [0, 0.05) is 0 Å². The van der Waals surface area contributed by atoms with Crippen LogP contribution in [-0.4, -0.2) is 21.3 Å². The van der Waals surface area contributed by atoms with Crippen LogP contribution in [0.25, 0.3) is 11.5 Å². The summed E-state index contributed by atoms with van der Waals surface area (Å²) in [5, 5.41) is 15.8. The number of halogens is 3. The van der Waals surface area contributed by atoms with Crippen molar-refractivity contribution in [3.63, 3.8) is 0 Å². The van der Waals surface area contributed by atoms with Crippen molar-refractivity contribution >= 4 is 17.6 Å². The second-order valence-electron chi connectivity index (χ2n) is 5.41. The van der Waals surface area contributed by atoms with Gasteiger partial charge in [-0.2, -0.15) is 0 Å². The van der Waals surface area contributed by atoms with E-state index in [2.05, 4.69) is 10.2 Å². The van der Waals surface area contributed by atoms with Gasteiger partial charge in [-0.1, -0.05) is 23.3 Å². The maximum absolute atomic E-state index is 13.4. The fraction of sp³-hybridized carbons (Fsp3) is 0.167. The number of benzene rings is 2.